The topological polar surface area (TPSA) is 109 Å². The van der Waals surface area contributed by atoms with Crippen LogP contribution in [0.4, 0.5) is 10.6 Å². The molecule has 2 aliphatic carbocycles. The molecule has 0 bridgehead atoms. The second-order valence-corrected chi connectivity index (χ2v) is 7.32. The first-order valence-electron chi connectivity index (χ1n) is 9.51. The number of carbonyl (C=O) groups is 3. The number of nitrogens with one attached hydrogen (secondary N) is 3. The van der Waals surface area contributed by atoms with Crippen LogP contribution in [0.1, 0.15) is 55.8 Å². The fourth-order valence-electron chi connectivity index (χ4n) is 3.15. The van der Waals surface area contributed by atoms with E-state index in [1.165, 1.54) is 12.6 Å². The van der Waals surface area contributed by atoms with Crippen LogP contribution in [0.25, 0.3) is 0 Å². The number of carbonyl (C=O) groups excluding carboxylic acids is 3. The van der Waals surface area contributed by atoms with E-state index < -0.39 is 24.5 Å². The molecule has 27 heavy (non-hydrogen) atoms. The summed E-state index contributed by atoms with van der Waals surface area (Å²) in [5, 5.41) is 8.24. The van der Waals surface area contributed by atoms with Crippen LogP contribution in [0.3, 0.4) is 0 Å². The van der Waals surface area contributed by atoms with Crippen LogP contribution < -0.4 is 16.0 Å². The monoisotopic (exact) mass is 374 g/mol. The average Bonchev–Trinajstić information content (AvgIpc) is 3.46. The average molecular weight is 374 g/mol. The Labute approximate surface area is 158 Å². The van der Waals surface area contributed by atoms with Gasteiger partial charge in [-0.1, -0.05) is 19.8 Å². The number of rotatable bonds is 6. The third kappa shape index (κ3) is 5.94. The van der Waals surface area contributed by atoms with Crippen LogP contribution in [0.5, 0.6) is 0 Å². The third-order valence-corrected chi connectivity index (χ3v) is 4.94. The first kappa shape index (κ1) is 19.1. The Bertz CT molecular complexity index is 687. The van der Waals surface area contributed by atoms with Gasteiger partial charge in [0.15, 0.2) is 6.61 Å². The quantitative estimate of drug-likeness (QED) is 0.659. The van der Waals surface area contributed by atoms with E-state index in [9.17, 15) is 14.4 Å². The van der Waals surface area contributed by atoms with Crippen LogP contribution in [0.2, 0.25) is 0 Å². The van der Waals surface area contributed by atoms with Gasteiger partial charge >= 0.3 is 12.0 Å². The summed E-state index contributed by atoms with van der Waals surface area (Å²) in [5.74, 6) is -0.219. The normalized spacial score (nSPS) is 21.8. The number of nitrogens with zero attached hydrogens (tertiary/aromatic N) is 1. The number of anilines is 1. The Hall–Kier alpha value is -2.64. The van der Waals surface area contributed by atoms with Gasteiger partial charge in [0.2, 0.25) is 0 Å². The lowest BCUT2D eigenvalue weighted by Crippen LogP contribution is -2.48. The number of esters is 1. The molecule has 3 amide bonds. The summed E-state index contributed by atoms with van der Waals surface area (Å²) in [6, 6.07) is 3.29. The van der Waals surface area contributed by atoms with Gasteiger partial charge in [0.25, 0.3) is 5.91 Å². The largest absolute Gasteiger partial charge is 0.452 e. The number of pyridine rings is 1. The summed E-state index contributed by atoms with van der Waals surface area (Å²) in [4.78, 5) is 39.9. The van der Waals surface area contributed by atoms with Gasteiger partial charge in [0.05, 0.1) is 5.56 Å². The number of hydrogen-bond acceptors (Lipinski definition) is 6. The van der Waals surface area contributed by atoms with Crippen molar-refractivity contribution >= 4 is 23.7 Å². The molecule has 3 rings (SSSR count). The molecular weight excluding hydrogens is 348 g/mol. The van der Waals surface area contributed by atoms with Crippen molar-refractivity contribution in [1.29, 1.82) is 0 Å². The van der Waals surface area contributed by atoms with Gasteiger partial charge in [0, 0.05) is 18.3 Å². The molecule has 2 aliphatic rings. The number of hydrogen-bond donors (Lipinski definition) is 3. The predicted octanol–water partition coefficient (Wildman–Crippen LogP) is 2.22. The number of urea groups is 1. The van der Waals surface area contributed by atoms with Gasteiger partial charge < -0.3 is 15.4 Å². The zero-order valence-corrected chi connectivity index (χ0v) is 15.5. The van der Waals surface area contributed by atoms with Crippen LogP contribution in [-0.2, 0) is 9.53 Å². The Balaban J connectivity index is 1.38. The highest BCUT2D eigenvalue weighted by molar-refractivity contribution is 5.97. The van der Waals surface area contributed by atoms with Crippen molar-refractivity contribution < 1.29 is 19.1 Å². The maximum atomic E-state index is 12.0. The Morgan fingerprint density at radius 1 is 1.15 bits per heavy atom. The van der Waals surface area contributed by atoms with Gasteiger partial charge in [-0.2, -0.15) is 0 Å². The molecule has 2 fully saturated rings. The minimum absolute atomic E-state index is 0.0722. The van der Waals surface area contributed by atoms with E-state index >= 15 is 0 Å². The van der Waals surface area contributed by atoms with Gasteiger partial charge in [-0.15, -0.1) is 0 Å². The zero-order valence-electron chi connectivity index (χ0n) is 15.5. The van der Waals surface area contributed by atoms with Gasteiger partial charge in [0.1, 0.15) is 5.82 Å². The molecule has 1 aromatic heterocycles. The second-order valence-electron chi connectivity index (χ2n) is 7.32. The molecule has 0 saturated heterocycles. The SMILES string of the molecule is CC1CCCCC1NC(=O)NC(=O)COC(=O)c1ccc(NC2CC2)nc1. The van der Waals surface area contributed by atoms with Gasteiger partial charge in [-0.05, 0) is 43.7 Å². The number of ether oxygens (including phenoxy) is 1. The maximum absolute atomic E-state index is 12.0. The fourth-order valence-corrected chi connectivity index (χ4v) is 3.15. The predicted molar refractivity (Wildman–Crippen MR) is 99.3 cm³/mol. The summed E-state index contributed by atoms with van der Waals surface area (Å²) in [7, 11) is 0. The molecule has 8 nitrogen and oxygen atoms in total. The molecular formula is C19H26N4O4. The molecule has 8 heteroatoms. The molecule has 0 aromatic carbocycles. The molecule has 1 aromatic rings. The lowest BCUT2D eigenvalue weighted by atomic mass is 9.86. The summed E-state index contributed by atoms with van der Waals surface area (Å²) >= 11 is 0. The second kappa shape index (κ2) is 8.83. The third-order valence-electron chi connectivity index (χ3n) is 4.94. The molecule has 0 spiro atoms. The van der Waals surface area contributed by atoms with E-state index in [-0.39, 0.29) is 11.6 Å². The van der Waals surface area contributed by atoms with Crippen LogP contribution >= 0.6 is 0 Å². The molecule has 0 radical (unpaired) electrons. The lowest BCUT2D eigenvalue weighted by Gasteiger charge is -2.29. The first-order chi connectivity index (χ1) is 13.0. The summed E-state index contributed by atoms with van der Waals surface area (Å²) in [6.45, 7) is 1.57. The summed E-state index contributed by atoms with van der Waals surface area (Å²) in [5.41, 5.74) is 0.254. The molecule has 146 valence electrons. The highest BCUT2D eigenvalue weighted by Gasteiger charge is 2.24. The first-order valence-corrected chi connectivity index (χ1v) is 9.51. The van der Waals surface area contributed by atoms with Gasteiger partial charge in [-0.3, -0.25) is 10.1 Å². The van der Waals surface area contributed by atoms with E-state index in [0.717, 1.165) is 32.1 Å². The zero-order chi connectivity index (χ0) is 19.2. The van der Waals surface area contributed by atoms with Crippen molar-refractivity contribution in [1.82, 2.24) is 15.6 Å². The molecule has 2 unspecified atom stereocenters. The minimum atomic E-state index is -0.663. The molecule has 0 aliphatic heterocycles. The Kier molecular flexibility index (Phi) is 6.26. The van der Waals surface area contributed by atoms with Crippen molar-refractivity contribution in [3.05, 3.63) is 23.9 Å². The van der Waals surface area contributed by atoms with Crippen LogP contribution in [0, 0.1) is 5.92 Å². The minimum Gasteiger partial charge on any atom is -0.452 e. The van der Waals surface area contributed by atoms with Crippen molar-refractivity contribution in [3.63, 3.8) is 0 Å². The molecule has 3 N–H and O–H groups in total. The molecule has 2 saturated carbocycles. The van der Waals surface area contributed by atoms with E-state index in [1.54, 1.807) is 12.1 Å². The number of aromatic nitrogens is 1. The van der Waals surface area contributed by atoms with E-state index in [4.69, 9.17) is 4.74 Å². The van der Waals surface area contributed by atoms with E-state index in [2.05, 4.69) is 27.9 Å². The van der Waals surface area contributed by atoms with Crippen LogP contribution in [-0.4, -0.2) is 41.6 Å². The summed E-state index contributed by atoms with van der Waals surface area (Å²) < 4.78 is 4.94. The Morgan fingerprint density at radius 2 is 1.93 bits per heavy atom. The number of imide groups is 1. The highest BCUT2D eigenvalue weighted by atomic mass is 16.5. The maximum Gasteiger partial charge on any atom is 0.340 e. The lowest BCUT2D eigenvalue weighted by molar-refractivity contribution is -0.123. The van der Waals surface area contributed by atoms with Crippen molar-refractivity contribution in [2.45, 2.75) is 57.5 Å². The van der Waals surface area contributed by atoms with Crippen molar-refractivity contribution in [3.8, 4) is 0 Å². The molecule has 2 atom stereocenters. The van der Waals surface area contributed by atoms with E-state index in [0.29, 0.717) is 17.8 Å². The fraction of sp³-hybridized carbons (Fsp3) is 0.579. The number of amides is 3. The van der Waals surface area contributed by atoms with Crippen LogP contribution in [0.15, 0.2) is 18.3 Å². The van der Waals surface area contributed by atoms with E-state index in [1.807, 2.05) is 0 Å². The van der Waals surface area contributed by atoms with Gasteiger partial charge in [-0.25, -0.2) is 14.6 Å². The van der Waals surface area contributed by atoms with Crippen molar-refractivity contribution in [2.75, 3.05) is 11.9 Å². The summed E-state index contributed by atoms with van der Waals surface area (Å²) in [6.07, 6.45) is 7.89. The standard InChI is InChI=1S/C19H26N4O4/c1-12-4-2-3-5-15(12)22-19(26)23-17(24)11-27-18(25)13-6-9-16(20-10-13)21-14-7-8-14/h6,9-10,12,14-15H,2-5,7-8,11H2,1H3,(H,20,21)(H2,22,23,24,26). The molecule has 1 heterocycles. The van der Waals surface area contributed by atoms with Crippen molar-refractivity contribution in [2.24, 2.45) is 5.92 Å². The smallest absolute Gasteiger partial charge is 0.340 e. The Morgan fingerprint density at radius 3 is 2.59 bits per heavy atom. The highest BCUT2D eigenvalue weighted by Crippen LogP contribution is 2.24.